The Kier molecular flexibility index (Phi) is 3.70. The fraction of sp³-hybridized carbons (Fsp3) is 0.900. The first kappa shape index (κ1) is 12.4. The van der Waals surface area contributed by atoms with Gasteiger partial charge in [-0.1, -0.05) is 6.92 Å². The van der Waals surface area contributed by atoms with Crippen LogP contribution >= 0.6 is 0 Å². The van der Waals surface area contributed by atoms with Gasteiger partial charge in [-0.25, -0.2) is 0 Å². The van der Waals surface area contributed by atoms with Crippen molar-refractivity contribution in [2.24, 2.45) is 5.73 Å². The predicted octanol–water partition coefficient (Wildman–Crippen LogP) is -0.883. The van der Waals surface area contributed by atoms with Crippen molar-refractivity contribution in [3.8, 4) is 0 Å². The zero-order valence-corrected chi connectivity index (χ0v) is 9.12. The monoisotopic (exact) mass is 216 g/mol. The normalized spacial score (nSPS) is 19.5. The van der Waals surface area contributed by atoms with Crippen molar-refractivity contribution in [3.63, 3.8) is 0 Å². The lowest BCUT2D eigenvalue weighted by Crippen LogP contribution is -2.65. The summed E-state index contributed by atoms with van der Waals surface area (Å²) in [5, 5.41) is 21.0. The van der Waals surface area contributed by atoms with Crippen molar-refractivity contribution in [1.82, 2.24) is 5.32 Å². The highest BCUT2D eigenvalue weighted by molar-refractivity contribution is 5.87. The van der Waals surface area contributed by atoms with Crippen molar-refractivity contribution in [3.05, 3.63) is 0 Å². The van der Waals surface area contributed by atoms with Crippen LogP contribution in [0.3, 0.4) is 0 Å². The van der Waals surface area contributed by atoms with Crippen molar-refractivity contribution in [2.75, 3.05) is 13.2 Å². The standard InChI is InChI=1S/C10H20N2O3/c1-2-9(6-13,7-14)12-8(15)10(11)4-3-5-10/h13-14H,2-7,11H2,1H3,(H,12,15). The Morgan fingerprint density at radius 1 is 1.47 bits per heavy atom. The Hall–Kier alpha value is -0.650. The van der Waals surface area contributed by atoms with Crippen molar-refractivity contribution in [2.45, 2.75) is 43.7 Å². The number of aliphatic hydroxyl groups is 2. The van der Waals surface area contributed by atoms with Gasteiger partial charge in [0.25, 0.3) is 0 Å². The highest BCUT2D eigenvalue weighted by Crippen LogP contribution is 2.29. The highest BCUT2D eigenvalue weighted by Gasteiger charge is 2.43. The van der Waals surface area contributed by atoms with Crippen LogP contribution in [-0.4, -0.2) is 40.4 Å². The van der Waals surface area contributed by atoms with Gasteiger partial charge in [-0.2, -0.15) is 0 Å². The fourth-order valence-corrected chi connectivity index (χ4v) is 1.59. The molecular weight excluding hydrogens is 196 g/mol. The second kappa shape index (κ2) is 4.47. The molecular formula is C10H20N2O3. The van der Waals surface area contributed by atoms with E-state index in [1.807, 2.05) is 0 Å². The predicted molar refractivity (Wildman–Crippen MR) is 56.1 cm³/mol. The largest absolute Gasteiger partial charge is 0.394 e. The Bertz CT molecular complexity index is 227. The Balaban J connectivity index is 2.62. The minimum atomic E-state index is -0.932. The maximum Gasteiger partial charge on any atom is 0.240 e. The Morgan fingerprint density at radius 2 is 2.00 bits per heavy atom. The summed E-state index contributed by atoms with van der Waals surface area (Å²) >= 11 is 0. The van der Waals surface area contributed by atoms with Crippen LogP contribution < -0.4 is 11.1 Å². The van der Waals surface area contributed by atoms with Gasteiger partial charge in [0.2, 0.25) is 5.91 Å². The first-order chi connectivity index (χ1) is 7.02. The third-order valence-corrected chi connectivity index (χ3v) is 3.36. The maximum absolute atomic E-state index is 11.8. The molecule has 88 valence electrons. The van der Waals surface area contributed by atoms with Crippen LogP contribution in [0.4, 0.5) is 0 Å². The minimum absolute atomic E-state index is 0.265. The second-order valence-electron chi connectivity index (χ2n) is 4.41. The highest BCUT2D eigenvalue weighted by atomic mass is 16.3. The summed E-state index contributed by atoms with van der Waals surface area (Å²) in [6.07, 6.45) is 2.79. The van der Waals surface area contributed by atoms with Gasteiger partial charge in [-0.3, -0.25) is 4.79 Å². The molecule has 0 aromatic heterocycles. The molecule has 1 aliphatic carbocycles. The molecule has 0 unspecified atom stereocenters. The first-order valence-electron chi connectivity index (χ1n) is 5.35. The molecule has 0 radical (unpaired) electrons. The van der Waals surface area contributed by atoms with Crippen molar-refractivity contribution in [1.29, 1.82) is 0 Å². The zero-order chi connectivity index (χ0) is 11.5. The summed E-state index contributed by atoms with van der Waals surface area (Å²) in [6, 6.07) is 0. The van der Waals surface area contributed by atoms with Crippen molar-refractivity contribution < 1.29 is 15.0 Å². The average Bonchev–Trinajstić information content (AvgIpc) is 2.22. The molecule has 0 heterocycles. The molecule has 0 bridgehead atoms. The molecule has 5 heteroatoms. The lowest BCUT2D eigenvalue weighted by atomic mass is 9.76. The third kappa shape index (κ3) is 2.30. The van der Waals surface area contributed by atoms with Crippen LogP contribution in [0.15, 0.2) is 0 Å². The number of carbonyl (C=O) groups excluding carboxylic acids is 1. The van der Waals surface area contributed by atoms with E-state index >= 15 is 0 Å². The number of amides is 1. The van der Waals surface area contributed by atoms with Crippen LogP contribution in [-0.2, 0) is 4.79 Å². The maximum atomic E-state index is 11.8. The molecule has 1 amide bonds. The smallest absolute Gasteiger partial charge is 0.240 e. The molecule has 0 atom stereocenters. The lowest BCUT2D eigenvalue weighted by molar-refractivity contribution is -0.132. The fourth-order valence-electron chi connectivity index (χ4n) is 1.59. The van der Waals surface area contributed by atoms with E-state index < -0.39 is 11.1 Å². The van der Waals surface area contributed by atoms with Crippen LogP contribution in [0.5, 0.6) is 0 Å². The number of hydrogen-bond acceptors (Lipinski definition) is 4. The molecule has 0 aromatic carbocycles. The minimum Gasteiger partial charge on any atom is -0.394 e. The topological polar surface area (TPSA) is 95.6 Å². The molecule has 1 fully saturated rings. The summed E-state index contributed by atoms with van der Waals surface area (Å²) in [5.41, 5.74) is 4.12. The number of nitrogens with two attached hydrogens (primary N) is 1. The van der Waals surface area contributed by atoms with E-state index in [9.17, 15) is 4.79 Å². The van der Waals surface area contributed by atoms with E-state index in [1.54, 1.807) is 6.92 Å². The second-order valence-corrected chi connectivity index (χ2v) is 4.41. The van der Waals surface area contributed by atoms with Crippen molar-refractivity contribution >= 4 is 5.91 Å². The number of carbonyl (C=O) groups is 1. The quantitative estimate of drug-likeness (QED) is 0.480. The van der Waals surface area contributed by atoms with Gasteiger partial charge >= 0.3 is 0 Å². The number of aliphatic hydroxyl groups excluding tert-OH is 2. The van der Waals surface area contributed by atoms with Gasteiger partial charge in [0.05, 0.1) is 24.3 Å². The summed E-state index contributed by atoms with van der Waals surface area (Å²) in [5.74, 6) is -0.265. The van der Waals surface area contributed by atoms with Gasteiger partial charge in [0, 0.05) is 0 Å². The molecule has 1 rings (SSSR count). The van der Waals surface area contributed by atoms with Gasteiger partial charge in [0.1, 0.15) is 0 Å². The average molecular weight is 216 g/mol. The Morgan fingerprint density at radius 3 is 2.27 bits per heavy atom. The van der Waals surface area contributed by atoms with E-state index in [1.165, 1.54) is 0 Å². The lowest BCUT2D eigenvalue weighted by Gasteiger charge is -2.40. The van der Waals surface area contributed by atoms with Crippen LogP contribution in [0.1, 0.15) is 32.6 Å². The third-order valence-electron chi connectivity index (χ3n) is 3.36. The summed E-state index contributed by atoms with van der Waals surface area (Å²) in [6.45, 7) is 1.25. The Labute approximate surface area is 89.7 Å². The van der Waals surface area contributed by atoms with E-state index in [2.05, 4.69) is 5.32 Å². The van der Waals surface area contributed by atoms with E-state index in [0.717, 1.165) is 6.42 Å². The molecule has 0 aromatic rings. The molecule has 0 saturated heterocycles. The molecule has 0 spiro atoms. The summed E-state index contributed by atoms with van der Waals surface area (Å²) < 4.78 is 0. The molecule has 1 saturated carbocycles. The molecule has 1 aliphatic rings. The van der Waals surface area contributed by atoms with E-state index in [-0.39, 0.29) is 19.1 Å². The SMILES string of the molecule is CCC(CO)(CO)NC(=O)C1(N)CCC1. The van der Waals surface area contributed by atoms with E-state index in [0.29, 0.717) is 19.3 Å². The molecule has 5 N–H and O–H groups in total. The van der Waals surface area contributed by atoms with Crippen LogP contribution in [0, 0.1) is 0 Å². The number of rotatable bonds is 5. The van der Waals surface area contributed by atoms with Gasteiger partial charge in [-0.05, 0) is 25.7 Å². The van der Waals surface area contributed by atoms with E-state index in [4.69, 9.17) is 15.9 Å². The zero-order valence-electron chi connectivity index (χ0n) is 9.12. The molecule has 0 aliphatic heterocycles. The van der Waals surface area contributed by atoms with Crippen LogP contribution in [0.2, 0.25) is 0 Å². The number of nitrogens with one attached hydrogen (secondary N) is 1. The van der Waals surface area contributed by atoms with Gasteiger partial charge in [-0.15, -0.1) is 0 Å². The van der Waals surface area contributed by atoms with Gasteiger partial charge < -0.3 is 21.3 Å². The molecule has 5 nitrogen and oxygen atoms in total. The summed E-state index contributed by atoms with van der Waals surface area (Å²) in [4.78, 5) is 11.8. The molecule has 15 heavy (non-hydrogen) atoms. The van der Waals surface area contributed by atoms with Gasteiger partial charge in [0.15, 0.2) is 0 Å². The van der Waals surface area contributed by atoms with Crippen LogP contribution in [0.25, 0.3) is 0 Å². The summed E-state index contributed by atoms with van der Waals surface area (Å²) in [7, 11) is 0. The first-order valence-corrected chi connectivity index (χ1v) is 5.35. The number of hydrogen-bond donors (Lipinski definition) is 4.